The first-order valence-electron chi connectivity index (χ1n) is 6.77. The molecular formula is C14H17ClN2O6S. The van der Waals surface area contributed by atoms with Crippen molar-refractivity contribution >= 4 is 39.3 Å². The Morgan fingerprint density at radius 3 is 2.42 bits per heavy atom. The highest BCUT2D eigenvalue weighted by atomic mass is 35.5. The molecule has 24 heavy (non-hydrogen) atoms. The number of urea groups is 1. The smallest absolute Gasteiger partial charge is 0.340 e. The Bertz CT molecular complexity index is 761. The van der Waals surface area contributed by atoms with Gasteiger partial charge in [0, 0.05) is 12.3 Å². The molecule has 0 atom stereocenters. The zero-order chi connectivity index (χ0) is 18.5. The summed E-state index contributed by atoms with van der Waals surface area (Å²) in [6.45, 7) is 2.70. The van der Waals surface area contributed by atoms with Crippen LogP contribution in [0.15, 0.2) is 23.1 Å². The van der Waals surface area contributed by atoms with Gasteiger partial charge in [-0.2, -0.15) is 0 Å². The van der Waals surface area contributed by atoms with Gasteiger partial charge < -0.3 is 10.1 Å². The van der Waals surface area contributed by atoms with E-state index in [9.17, 15) is 22.8 Å². The maximum atomic E-state index is 11.9. The quantitative estimate of drug-likeness (QED) is 0.743. The van der Waals surface area contributed by atoms with Gasteiger partial charge in [-0.1, -0.05) is 11.6 Å². The van der Waals surface area contributed by atoms with Crippen LogP contribution in [-0.4, -0.2) is 45.2 Å². The van der Waals surface area contributed by atoms with E-state index in [1.807, 2.05) is 5.32 Å². The highest BCUT2D eigenvalue weighted by Crippen LogP contribution is 2.21. The predicted octanol–water partition coefficient (Wildman–Crippen LogP) is 1.13. The van der Waals surface area contributed by atoms with Crippen molar-refractivity contribution in [3.05, 3.63) is 28.8 Å². The lowest BCUT2D eigenvalue weighted by molar-refractivity contribution is -0.123. The van der Waals surface area contributed by atoms with Gasteiger partial charge in [0.1, 0.15) is 0 Å². The predicted molar refractivity (Wildman–Crippen MR) is 86.7 cm³/mol. The number of nitrogens with one attached hydrogen (secondary N) is 2. The minimum absolute atomic E-state index is 0.0228. The zero-order valence-electron chi connectivity index (χ0n) is 13.3. The van der Waals surface area contributed by atoms with Crippen LogP contribution in [-0.2, 0) is 19.4 Å². The average molecular weight is 377 g/mol. The first-order valence-corrected chi connectivity index (χ1v) is 9.04. The summed E-state index contributed by atoms with van der Waals surface area (Å²) in [5, 5.41) is 4.38. The van der Waals surface area contributed by atoms with E-state index >= 15 is 0 Å². The molecule has 1 aromatic carbocycles. The number of hydrogen-bond acceptors (Lipinski definition) is 6. The molecule has 0 bridgehead atoms. The van der Waals surface area contributed by atoms with Gasteiger partial charge in [0.25, 0.3) is 5.91 Å². The molecule has 0 radical (unpaired) electrons. The van der Waals surface area contributed by atoms with Crippen LogP contribution in [0.1, 0.15) is 24.2 Å². The summed E-state index contributed by atoms with van der Waals surface area (Å²) >= 11 is 5.84. The Balaban J connectivity index is 2.72. The number of hydrogen-bond donors (Lipinski definition) is 2. The Labute approximate surface area is 144 Å². The highest BCUT2D eigenvalue weighted by molar-refractivity contribution is 7.90. The van der Waals surface area contributed by atoms with Crippen molar-refractivity contribution in [2.45, 2.75) is 24.8 Å². The largest absolute Gasteiger partial charge is 0.452 e. The van der Waals surface area contributed by atoms with Crippen molar-refractivity contribution in [3.8, 4) is 0 Å². The van der Waals surface area contributed by atoms with Crippen LogP contribution in [0.4, 0.5) is 4.79 Å². The third-order valence-electron chi connectivity index (χ3n) is 2.59. The number of carbonyl (C=O) groups is 3. The number of imide groups is 1. The lowest BCUT2D eigenvalue weighted by Gasteiger charge is -2.10. The minimum Gasteiger partial charge on any atom is -0.452 e. The summed E-state index contributed by atoms with van der Waals surface area (Å²) in [5.74, 6) is -1.82. The van der Waals surface area contributed by atoms with Crippen molar-refractivity contribution in [2.75, 3.05) is 12.9 Å². The van der Waals surface area contributed by atoms with Gasteiger partial charge in [0.05, 0.1) is 15.5 Å². The summed E-state index contributed by atoms with van der Waals surface area (Å²) in [5.41, 5.74) is -0.195. The van der Waals surface area contributed by atoms with Gasteiger partial charge in [0.15, 0.2) is 16.4 Å². The maximum absolute atomic E-state index is 11.9. The van der Waals surface area contributed by atoms with E-state index in [4.69, 9.17) is 16.3 Å². The van der Waals surface area contributed by atoms with Crippen LogP contribution < -0.4 is 10.6 Å². The Kier molecular flexibility index (Phi) is 6.73. The molecule has 0 spiro atoms. The van der Waals surface area contributed by atoms with E-state index in [0.717, 1.165) is 12.3 Å². The highest BCUT2D eigenvalue weighted by Gasteiger charge is 2.18. The summed E-state index contributed by atoms with van der Waals surface area (Å²) in [7, 11) is -3.53. The standard InChI is InChI=1S/C14H17ClN2O6S/c1-8(2)16-14(20)17-12(18)7-23-13(19)10-6-9(24(3,21)22)4-5-11(10)15/h4-6,8H,7H2,1-3H3,(H2,16,17,18,20). The summed E-state index contributed by atoms with van der Waals surface area (Å²) in [6, 6.07) is 2.66. The van der Waals surface area contributed by atoms with Gasteiger partial charge in [-0.3, -0.25) is 10.1 Å². The van der Waals surface area contributed by atoms with Crippen molar-refractivity contribution in [1.29, 1.82) is 0 Å². The van der Waals surface area contributed by atoms with Gasteiger partial charge >= 0.3 is 12.0 Å². The average Bonchev–Trinajstić information content (AvgIpc) is 2.42. The van der Waals surface area contributed by atoms with Crippen LogP contribution in [0.3, 0.4) is 0 Å². The fourth-order valence-electron chi connectivity index (χ4n) is 1.56. The van der Waals surface area contributed by atoms with Gasteiger partial charge in [-0.25, -0.2) is 18.0 Å². The molecule has 3 amide bonds. The molecule has 0 heterocycles. The number of rotatable bonds is 5. The van der Waals surface area contributed by atoms with E-state index in [1.54, 1.807) is 13.8 Å². The van der Waals surface area contributed by atoms with E-state index < -0.39 is 34.4 Å². The summed E-state index contributed by atoms with van der Waals surface area (Å²) in [4.78, 5) is 34.6. The van der Waals surface area contributed by atoms with Crippen LogP contribution in [0, 0.1) is 0 Å². The molecular weight excluding hydrogens is 360 g/mol. The molecule has 0 unspecified atom stereocenters. The molecule has 0 aliphatic carbocycles. The van der Waals surface area contributed by atoms with Crippen molar-refractivity contribution < 1.29 is 27.5 Å². The number of sulfone groups is 1. The van der Waals surface area contributed by atoms with Gasteiger partial charge in [0.2, 0.25) is 0 Å². The Morgan fingerprint density at radius 2 is 1.88 bits per heavy atom. The second-order valence-electron chi connectivity index (χ2n) is 5.17. The Hall–Kier alpha value is -2.13. The van der Waals surface area contributed by atoms with Crippen LogP contribution in [0.5, 0.6) is 0 Å². The van der Waals surface area contributed by atoms with E-state index in [2.05, 4.69) is 5.32 Å². The zero-order valence-corrected chi connectivity index (χ0v) is 14.8. The molecule has 0 saturated heterocycles. The topological polar surface area (TPSA) is 119 Å². The molecule has 1 aromatic rings. The first-order chi connectivity index (χ1) is 11.0. The van der Waals surface area contributed by atoms with Crippen LogP contribution in [0.25, 0.3) is 0 Å². The Morgan fingerprint density at radius 1 is 1.25 bits per heavy atom. The molecule has 8 nitrogen and oxygen atoms in total. The van der Waals surface area contributed by atoms with Crippen molar-refractivity contribution in [3.63, 3.8) is 0 Å². The fourth-order valence-corrected chi connectivity index (χ4v) is 2.40. The van der Waals surface area contributed by atoms with Crippen LogP contribution in [0.2, 0.25) is 5.02 Å². The lowest BCUT2D eigenvalue weighted by Crippen LogP contribution is -2.44. The molecule has 1 rings (SSSR count). The SMILES string of the molecule is CC(C)NC(=O)NC(=O)COC(=O)c1cc(S(C)(=O)=O)ccc1Cl. The number of halogens is 1. The lowest BCUT2D eigenvalue weighted by atomic mass is 10.2. The molecule has 132 valence electrons. The number of benzene rings is 1. The molecule has 0 aliphatic heterocycles. The van der Waals surface area contributed by atoms with Gasteiger partial charge in [-0.05, 0) is 32.0 Å². The second kappa shape index (κ2) is 8.11. The fraction of sp³-hybridized carbons (Fsp3) is 0.357. The number of ether oxygens (including phenoxy) is 1. The van der Waals surface area contributed by atoms with E-state index in [0.29, 0.717) is 0 Å². The molecule has 10 heteroatoms. The second-order valence-corrected chi connectivity index (χ2v) is 7.59. The molecule has 0 saturated carbocycles. The van der Waals surface area contributed by atoms with Crippen molar-refractivity contribution in [1.82, 2.24) is 10.6 Å². The molecule has 2 N–H and O–H groups in total. The van der Waals surface area contributed by atoms with E-state index in [1.165, 1.54) is 12.1 Å². The molecule has 0 aromatic heterocycles. The first kappa shape index (κ1) is 19.9. The van der Waals surface area contributed by atoms with Crippen LogP contribution >= 0.6 is 11.6 Å². The molecule has 0 fully saturated rings. The normalized spacial score (nSPS) is 11.0. The summed E-state index contributed by atoms with van der Waals surface area (Å²) < 4.78 is 27.7. The monoisotopic (exact) mass is 376 g/mol. The minimum atomic E-state index is -3.53. The maximum Gasteiger partial charge on any atom is 0.340 e. The summed E-state index contributed by atoms with van der Waals surface area (Å²) in [6.07, 6.45) is 0.978. The van der Waals surface area contributed by atoms with E-state index in [-0.39, 0.29) is 21.5 Å². The third-order valence-corrected chi connectivity index (χ3v) is 4.03. The number of carbonyl (C=O) groups excluding carboxylic acids is 3. The third kappa shape index (κ3) is 6.17. The number of amides is 3. The molecule has 0 aliphatic rings. The van der Waals surface area contributed by atoms with Gasteiger partial charge in [-0.15, -0.1) is 0 Å². The number of esters is 1. The van der Waals surface area contributed by atoms with Crippen molar-refractivity contribution in [2.24, 2.45) is 0 Å².